The van der Waals surface area contributed by atoms with Crippen molar-refractivity contribution < 1.29 is 9.59 Å². The van der Waals surface area contributed by atoms with E-state index >= 15 is 0 Å². The van der Waals surface area contributed by atoms with E-state index in [4.69, 9.17) is 0 Å². The van der Waals surface area contributed by atoms with Gasteiger partial charge in [-0.25, -0.2) is 0 Å². The minimum Gasteiger partial charge on any atom is -0.341 e. The van der Waals surface area contributed by atoms with Gasteiger partial charge in [0.15, 0.2) is 0 Å². The fraction of sp³-hybridized carbons (Fsp3) is 0.333. The third kappa shape index (κ3) is 4.27. The Morgan fingerprint density at radius 3 is 2.40 bits per heavy atom. The molecule has 0 aliphatic carbocycles. The lowest BCUT2D eigenvalue weighted by atomic mass is 10.0. The van der Waals surface area contributed by atoms with Crippen molar-refractivity contribution in [2.45, 2.75) is 38.3 Å². The molecule has 1 saturated heterocycles. The van der Waals surface area contributed by atoms with Crippen LogP contribution in [0.1, 0.15) is 35.7 Å². The lowest BCUT2D eigenvalue weighted by Crippen LogP contribution is -2.49. The first kappa shape index (κ1) is 17.2. The molecular formula is C21H24N2O2. The molecule has 130 valence electrons. The SMILES string of the molecule is CC(NC(=O)c1ccccc1)C(=O)N1CCCC1Cc1ccccc1. The minimum absolute atomic E-state index is 0.00251. The second-order valence-electron chi connectivity index (χ2n) is 6.58. The third-order valence-electron chi connectivity index (χ3n) is 4.73. The quantitative estimate of drug-likeness (QED) is 0.912. The van der Waals surface area contributed by atoms with Crippen LogP contribution < -0.4 is 5.32 Å². The summed E-state index contributed by atoms with van der Waals surface area (Å²) in [5, 5.41) is 2.83. The molecule has 2 unspecified atom stereocenters. The van der Waals surface area contributed by atoms with Crippen LogP contribution in [-0.4, -0.2) is 35.3 Å². The van der Waals surface area contributed by atoms with Crippen LogP contribution in [0.3, 0.4) is 0 Å². The van der Waals surface area contributed by atoms with E-state index in [0.29, 0.717) is 5.56 Å². The van der Waals surface area contributed by atoms with Gasteiger partial charge in [-0.2, -0.15) is 0 Å². The number of hydrogen-bond donors (Lipinski definition) is 1. The molecular weight excluding hydrogens is 312 g/mol. The standard InChI is InChI=1S/C21H24N2O2/c1-16(22-20(24)18-11-6-3-7-12-18)21(25)23-14-8-13-19(23)15-17-9-4-2-5-10-17/h2-7,9-12,16,19H,8,13-15H2,1H3,(H,22,24). The predicted octanol–water partition coefficient (Wildman–Crippen LogP) is 3.04. The molecule has 0 aromatic heterocycles. The molecule has 0 saturated carbocycles. The summed E-state index contributed by atoms with van der Waals surface area (Å²) >= 11 is 0. The Morgan fingerprint density at radius 2 is 1.72 bits per heavy atom. The molecule has 4 heteroatoms. The zero-order chi connectivity index (χ0) is 17.6. The van der Waals surface area contributed by atoms with Gasteiger partial charge in [-0.05, 0) is 43.9 Å². The number of likely N-dealkylation sites (tertiary alicyclic amines) is 1. The van der Waals surface area contributed by atoms with Gasteiger partial charge >= 0.3 is 0 Å². The van der Waals surface area contributed by atoms with Crippen molar-refractivity contribution in [3.8, 4) is 0 Å². The first-order chi connectivity index (χ1) is 12.1. The number of amides is 2. The zero-order valence-corrected chi connectivity index (χ0v) is 14.5. The van der Waals surface area contributed by atoms with E-state index in [1.807, 2.05) is 41.3 Å². The highest BCUT2D eigenvalue weighted by atomic mass is 16.2. The highest BCUT2D eigenvalue weighted by molar-refractivity contribution is 5.97. The third-order valence-corrected chi connectivity index (χ3v) is 4.73. The number of hydrogen-bond acceptors (Lipinski definition) is 2. The fourth-order valence-electron chi connectivity index (χ4n) is 3.40. The van der Waals surface area contributed by atoms with Gasteiger partial charge in [-0.1, -0.05) is 48.5 Å². The zero-order valence-electron chi connectivity index (χ0n) is 14.5. The van der Waals surface area contributed by atoms with Gasteiger partial charge in [-0.15, -0.1) is 0 Å². The van der Waals surface area contributed by atoms with E-state index in [-0.39, 0.29) is 17.9 Å². The van der Waals surface area contributed by atoms with Crippen molar-refractivity contribution in [3.05, 3.63) is 71.8 Å². The maximum Gasteiger partial charge on any atom is 0.251 e. The fourth-order valence-corrected chi connectivity index (χ4v) is 3.40. The summed E-state index contributed by atoms with van der Waals surface area (Å²) in [6.45, 7) is 2.53. The van der Waals surface area contributed by atoms with Crippen LogP contribution in [-0.2, 0) is 11.2 Å². The molecule has 1 aliphatic rings. The van der Waals surface area contributed by atoms with Crippen molar-refractivity contribution in [1.82, 2.24) is 10.2 Å². The molecule has 1 N–H and O–H groups in total. The average Bonchev–Trinajstić information content (AvgIpc) is 3.10. The Bertz CT molecular complexity index is 715. The van der Waals surface area contributed by atoms with E-state index < -0.39 is 6.04 Å². The molecule has 2 aromatic rings. The number of carbonyl (C=O) groups excluding carboxylic acids is 2. The molecule has 1 heterocycles. The molecule has 4 nitrogen and oxygen atoms in total. The van der Waals surface area contributed by atoms with Crippen molar-refractivity contribution in [1.29, 1.82) is 0 Å². The number of nitrogens with one attached hydrogen (secondary N) is 1. The number of benzene rings is 2. The Balaban J connectivity index is 1.61. The lowest BCUT2D eigenvalue weighted by molar-refractivity contribution is -0.133. The van der Waals surface area contributed by atoms with Crippen molar-refractivity contribution in [2.24, 2.45) is 0 Å². The first-order valence-electron chi connectivity index (χ1n) is 8.85. The van der Waals surface area contributed by atoms with Crippen LogP contribution in [0.15, 0.2) is 60.7 Å². The average molecular weight is 336 g/mol. The van der Waals surface area contributed by atoms with E-state index in [2.05, 4.69) is 17.4 Å². The summed E-state index contributed by atoms with van der Waals surface area (Å²) in [5.41, 5.74) is 1.82. The van der Waals surface area contributed by atoms with Crippen LogP contribution in [0.2, 0.25) is 0 Å². The summed E-state index contributed by atoms with van der Waals surface area (Å²) in [6.07, 6.45) is 2.90. The first-order valence-corrected chi connectivity index (χ1v) is 8.85. The molecule has 25 heavy (non-hydrogen) atoms. The van der Waals surface area contributed by atoms with Gasteiger partial charge in [0, 0.05) is 18.2 Å². The number of carbonyl (C=O) groups is 2. The van der Waals surface area contributed by atoms with Crippen molar-refractivity contribution in [2.75, 3.05) is 6.54 Å². The smallest absolute Gasteiger partial charge is 0.251 e. The van der Waals surface area contributed by atoms with Crippen LogP contribution in [0.25, 0.3) is 0 Å². The van der Waals surface area contributed by atoms with Crippen LogP contribution >= 0.6 is 0 Å². The molecule has 0 radical (unpaired) electrons. The largest absolute Gasteiger partial charge is 0.341 e. The van der Waals surface area contributed by atoms with Gasteiger partial charge in [0.1, 0.15) is 6.04 Å². The summed E-state index contributed by atoms with van der Waals surface area (Å²) in [6, 6.07) is 18.9. The Morgan fingerprint density at radius 1 is 1.08 bits per heavy atom. The van der Waals surface area contributed by atoms with E-state index in [1.54, 1.807) is 19.1 Å². The topological polar surface area (TPSA) is 49.4 Å². The molecule has 0 bridgehead atoms. The van der Waals surface area contributed by atoms with Gasteiger partial charge in [0.25, 0.3) is 5.91 Å². The normalized spacial score (nSPS) is 18.0. The number of nitrogens with zero attached hydrogens (tertiary/aromatic N) is 1. The molecule has 2 aromatic carbocycles. The minimum atomic E-state index is -0.524. The van der Waals surface area contributed by atoms with Gasteiger partial charge in [0.05, 0.1) is 0 Å². The van der Waals surface area contributed by atoms with Gasteiger partial charge in [-0.3, -0.25) is 9.59 Å². The molecule has 2 amide bonds. The molecule has 3 rings (SSSR count). The summed E-state index contributed by atoms with van der Waals surface area (Å²) in [7, 11) is 0. The Labute approximate surface area is 148 Å². The summed E-state index contributed by atoms with van der Waals surface area (Å²) < 4.78 is 0. The van der Waals surface area contributed by atoms with Crippen molar-refractivity contribution in [3.63, 3.8) is 0 Å². The molecule has 2 atom stereocenters. The van der Waals surface area contributed by atoms with Crippen molar-refractivity contribution >= 4 is 11.8 Å². The second-order valence-corrected chi connectivity index (χ2v) is 6.58. The van der Waals surface area contributed by atoms with Crippen LogP contribution in [0, 0.1) is 0 Å². The lowest BCUT2D eigenvalue weighted by Gasteiger charge is -2.28. The monoisotopic (exact) mass is 336 g/mol. The van der Waals surface area contributed by atoms with Crippen LogP contribution in [0.4, 0.5) is 0 Å². The Kier molecular flexibility index (Phi) is 5.49. The molecule has 0 spiro atoms. The predicted molar refractivity (Wildman–Crippen MR) is 98.3 cm³/mol. The second kappa shape index (κ2) is 7.97. The molecule has 1 fully saturated rings. The summed E-state index contributed by atoms with van der Waals surface area (Å²) in [4.78, 5) is 27.0. The molecule has 1 aliphatic heterocycles. The summed E-state index contributed by atoms with van der Waals surface area (Å²) in [5.74, 6) is -0.206. The Hall–Kier alpha value is -2.62. The van der Waals surface area contributed by atoms with E-state index in [1.165, 1.54) is 5.56 Å². The van der Waals surface area contributed by atoms with Gasteiger partial charge in [0.2, 0.25) is 5.91 Å². The van der Waals surface area contributed by atoms with E-state index in [0.717, 1.165) is 25.8 Å². The van der Waals surface area contributed by atoms with Gasteiger partial charge < -0.3 is 10.2 Å². The highest BCUT2D eigenvalue weighted by Gasteiger charge is 2.32. The number of rotatable bonds is 5. The highest BCUT2D eigenvalue weighted by Crippen LogP contribution is 2.22. The van der Waals surface area contributed by atoms with E-state index in [9.17, 15) is 9.59 Å². The maximum atomic E-state index is 12.8. The maximum absolute atomic E-state index is 12.8. The van der Waals surface area contributed by atoms with Crippen LogP contribution in [0.5, 0.6) is 0 Å².